The van der Waals surface area contributed by atoms with Gasteiger partial charge in [0.1, 0.15) is 36.5 Å². The highest BCUT2D eigenvalue weighted by Crippen LogP contribution is 2.56. The van der Waals surface area contributed by atoms with Crippen molar-refractivity contribution < 1.29 is 85.0 Å². The van der Waals surface area contributed by atoms with Crippen LogP contribution in [-0.4, -0.2) is 138 Å². The molecule has 3 aromatic heterocycles. The van der Waals surface area contributed by atoms with E-state index < -0.39 is 125 Å². The van der Waals surface area contributed by atoms with Gasteiger partial charge in [0.05, 0.1) is 48.5 Å². The van der Waals surface area contributed by atoms with Crippen molar-refractivity contribution in [2.75, 3.05) is 38.4 Å². The summed E-state index contributed by atoms with van der Waals surface area (Å²) in [6.07, 6.45) is -6.66. The van der Waals surface area contributed by atoms with E-state index in [0.717, 1.165) is 16.8 Å². The van der Waals surface area contributed by atoms with Crippen LogP contribution in [0.1, 0.15) is 78.2 Å². The minimum absolute atomic E-state index is 0.0210. The Morgan fingerprint density at radius 1 is 0.940 bits per heavy atom. The topological polar surface area (TPSA) is 382 Å². The van der Waals surface area contributed by atoms with Crippen molar-refractivity contribution in [2.45, 2.75) is 127 Å². The summed E-state index contributed by atoms with van der Waals surface area (Å²) in [6.45, 7) is 3.88. The number of aliphatic hydroxyl groups excluding tert-OH is 1. The maximum atomic E-state index is 14.4. The molecule has 7 heterocycles. The number of aromatic nitrogens is 6. The molecular formula is C51H59Cl2N8O21P2+. The monoisotopic (exact) mass is 1250 g/mol. The second-order valence-corrected chi connectivity index (χ2v) is 23.2. The highest BCUT2D eigenvalue weighted by atomic mass is 35.5. The highest BCUT2D eigenvalue weighted by molar-refractivity contribution is 7.49. The van der Waals surface area contributed by atoms with Gasteiger partial charge in [-0.05, 0) is 48.6 Å². The molecule has 0 bridgehead atoms. The van der Waals surface area contributed by atoms with Gasteiger partial charge in [0.25, 0.3) is 11.1 Å². The fourth-order valence-electron chi connectivity index (χ4n) is 8.83. The highest BCUT2D eigenvalue weighted by Gasteiger charge is 2.73. The van der Waals surface area contributed by atoms with Gasteiger partial charge in [0.15, 0.2) is 48.4 Å². The second-order valence-electron chi connectivity index (χ2n) is 19.4. The molecule has 0 radical (unpaired) electrons. The van der Waals surface area contributed by atoms with Crippen molar-refractivity contribution in [3.63, 3.8) is 0 Å². The molecular weight excluding hydrogens is 1190 g/mol. The number of nitrogens with one attached hydrogen (secondary N) is 3. The predicted octanol–water partition coefficient (Wildman–Crippen LogP) is 5.31. The first-order chi connectivity index (χ1) is 40.2. The Morgan fingerprint density at radius 2 is 1.62 bits per heavy atom. The van der Waals surface area contributed by atoms with Gasteiger partial charge in [0.2, 0.25) is 17.6 Å². The molecule has 4 unspecified atom stereocenters. The zero-order chi connectivity index (χ0) is 60.3. The van der Waals surface area contributed by atoms with E-state index in [9.17, 15) is 48.1 Å². The van der Waals surface area contributed by atoms with Crippen LogP contribution in [0.5, 0.6) is 11.5 Å². The predicted molar refractivity (Wildman–Crippen MR) is 292 cm³/mol. The quantitative estimate of drug-likeness (QED) is 0.0297. The number of amides is 1. The summed E-state index contributed by atoms with van der Waals surface area (Å²) >= 11 is 12.4. The third kappa shape index (κ3) is 15.4. The van der Waals surface area contributed by atoms with E-state index in [0.29, 0.717) is 38.9 Å². The molecule has 33 heteroatoms. The van der Waals surface area contributed by atoms with E-state index in [-0.39, 0.29) is 70.3 Å². The van der Waals surface area contributed by atoms with Crippen LogP contribution in [0, 0.1) is 17.2 Å². The Hall–Kier alpha value is -6.32. The molecule has 2 aromatic carbocycles. The molecule has 84 heavy (non-hydrogen) atoms. The Morgan fingerprint density at radius 3 is 2.24 bits per heavy atom. The van der Waals surface area contributed by atoms with Crippen LogP contribution in [0.25, 0.3) is 11.2 Å². The van der Waals surface area contributed by atoms with Gasteiger partial charge in [0, 0.05) is 50.7 Å². The number of phosphoric acid groups is 1. The number of anilines is 1. The molecule has 9 rings (SSSR count). The van der Waals surface area contributed by atoms with Crippen molar-refractivity contribution in [2.24, 2.45) is 5.92 Å². The third-order valence-electron chi connectivity index (χ3n) is 13.0. The Labute approximate surface area is 488 Å². The number of fused-ring (bicyclic) bond motifs is 1. The van der Waals surface area contributed by atoms with Gasteiger partial charge >= 0.3 is 32.9 Å². The summed E-state index contributed by atoms with van der Waals surface area (Å²) in [6, 6.07) is 15.3. The van der Waals surface area contributed by atoms with Crippen molar-refractivity contribution in [3.8, 4) is 17.6 Å². The number of esters is 1. The number of Topliss-reactive ketones (excluding diaryl/α,β-unsaturated/α-hetero) is 1. The van der Waals surface area contributed by atoms with E-state index in [1.54, 1.807) is 38.1 Å². The lowest BCUT2D eigenvalue weighted by atomic mass is 10.1. The number of halogens is 2. The molecule has 0 spiro atoms. The van der Waals surface area contributed by atoms with Crippen LogP contribution in [0.4, 0.5) is 5.95 Å². The van der Waals surface area contributed by atoms with Crippen LogP contribution >= 0.6 is 39.1 Å². The van der Waals surface area contributed by atoms with Crippen LogP contribution in [-0.2, 0) is 65.7 Å². The van der Waals surface area contributed by atoms with Gasteiger partial charge in [-0.25, -0.2) is 14.3 Å². The summed E-state index contributed by atoms with van der Waals surface area (Å²) in [5.41, 5.74) is -2.27. The summed E-state index contributed by atoms with van der Waals surface area (Å²) in [4.78, 5) is 86.7. The number of carbonyl (C=O) groups excluding carboxylic acids is 3. The first-order valence-electron chi connectivity index (χ1n) is 26.3. The van der Waals surface area contributed by atoms with Gasteiger partial charge in [-0.1, -0.05) is 61.3 Å². The standard InChI is InChI=1S/C32H38ClN6O12P.C19H20ClN2O9P/c1-18(2)29(42)37-32-36-28-25(30(43)38-32)35-17-39(28)31-27(49-24-10-6-14-45-24)26(22(48-31)16-46-23(41)12-11-19(3)40)51-52(44,47-15-7-13-34)50-21-9-5-4-8-20(21)33;20-11-4-1-2-5-12(11)31-32(27)19(26)13(10-23)29-17(16(19)30-15-6-3-9-28-15)22-8-7-14(24)21-18(22)25/h4-5,8-9,17-18,22,24,26-27,31H,6-7,10-12,14-16H2,1-3H3,(H2,36,37,38,42,43);1-2,4-5,7-8,13,15-17,23,26H,3,6,9-10H2/p+1/t22-,24?,26-,27-,31-,52?;13-,15?,16+,17-,19+/m11/s1. The van der Waals surface area contributed by atoms with Crippen molar-refractivity contribution in [1.29, 1.82) is 5.26 Å². The van der Waals surface area contributed by atoms with E-state index >= 15 is 0 Å². The third-order valence-corrected chi connectivity index (χ3v) is 16.6. The number of nitriles is 1. The average molecular weight is 1250 g/mol. The fraction of sp³-hybridized carbons (Fsp3) is 0.510. The average Bonchev–Trinajstić information content (AvgIpc) is 2.53. The minimum atomic E-state index is -4.70. The number of ether oxygens (including phenoxy) is 7. The van der Waals surface area contributed by atoms with Crippen LogP contribution in [0.2, 0.25) is 10.0 Å². The Balaban J connectivity index is 0.000000245. The molecule has 1 amide bonds. The smallest absolute Gasteiger partial charge is 0.463 e. The van der Waals surface area contributed by atoms with Gasteiger partial charge < -0.3 is 52.7 Å². The van der Waals surface area contributed by atoms with Crippen LogP contribution < -0.4 is 31.2 Å². The number of benzene rings is 2. The largest absolute Gasteiger partial charge is 0.598 e. The Bertz CT molecular complexity index is 3440. The van der Waals surface area contributed by atoms with Crippen molar-refractivity contribution in [3.05, 3.63) is 108 Å². The van der Waals surface area contributed by atoms with E-state index in [2.05, 4.69) is 25.3 Å². The number of para-hydroxylation sites is 2. The molecule has 5 aromatic rings. The number of ketones is 1. The number of hydrogen-bond acceptors (Lipinski definition) is 24. The van der Waals surface area contributed by atoms with Crippen LogP contribution in [0.15, 0.2) is 81.5 Å². The SMILES string of the molecule is CC(=O)CCC(=O)OC[C@H]1O[C@@H](n2cnc3c(=O)[nH]c(NC(=O)C(C)C)nc32)[C@H](OC2CCCO2)[C@@H]1OP(=O)(OCCC#N)Oc1ccccc1Cl.O=c1ccn([C@@H]2O[C@H](CO)[C@](O)([P+](=O)Oc3ccccc3Cl)[C@H]2OC2CCCO2)c(=O)[nH]1. The molecule has 29 nitrogen and oxygen atoms in total. The molecule has 12 atom stereocenters. The number of aliphatic hydroxyl groups is 2. The summed E-state index contributed by atoms with van der Waals surface area (Å²) in [5, 5.41) is 31.0. The molecule has 0 aliphatic carbocycles. The summed E-state index contributed by atoms with van der Waals surface area (Å²) in [7, 11) is -7.72. The number of aromatic amines is 2. The van der Waals surface area contributed by atoms with Gasteiger partial charge in [-0.15, -0.1) is 0 Å². The number of H-pyrrole nitrogens is 2. The van der Waals surface area contributed by atoms with E-state index in [1.807, 2.05) is 6.07 Å². The number of phosphoric ester groups is 1. The zero-order valence-electron chi connectivity index (χ0n) is 45.1. The molecule has 5 N–H and O–H groups in total. The number of rotatable bonds is 24. The lowest BCUT2D eigenvalue weighted by Gasteiger charge is -2.29. The van der Waals surface area contributed by atoms with Gasteiger partial charge in [-0.2, -0.15) is 10.2 Å². The zero-order valence-corrected chi connectivity index (χ0v) is 48.4. The number of hydrogen-bond donors (Lipinski definition) is 5. The lowest BCUT2D eigenvalue weighted by Crippen LogP contribution is -2.50. The maximum Gasteiger partial charge on any atom is 0.598 e. The molecule has 0 saturated carbocycles. The second kappa shape index (κ2) is 28.7. The minimum Gasteiger partial charge on any atom is -0.463 e. The molecule has 4 saturated heterocycles. The van der Waals surface area contributed by atoms with Gasteiger partial charge in [-0.3, -0.25) is 57.2 Å². The number of nitrogens with zero attached hydrogens (tertiary/aromatic N) is 5. The molecule has 4 fully saturated rings. The van der Waals surface area contributed by atoms with Crippen molar-refractivity contribution in [1.82, 2.24) is 29.1 Å². The summed E-state index contributed by atoms with van der Waals surface area (Å²) < 4.78 is 94.1. The van der Waals surface area contributed by atoms with Crippen LogP contribution in [0.3, 0.4) is 0 Å². The van der Waals surface area contributed by atoms with Crippen molar-refractivity contribution >= 4 is 73.8 Å². The number of imidazole rings is 1. The van der Waals surface area contributed by atoms with E-state index in [1.165, 1.54) is 42.1 Å². The Kier molecular flexibility index (Phi) is 21.8. The first kappa shape index (κ1) is 63.7. The number of carbonyl (C=O) groups is 3. The molecule has 452 valence electrons. The fourth-order valence-corrected chi connectivity index (χ4v) is 12.0. The molecule has 4 aliphatic heterocycles. The van der Waals surface area contributed by atoms with E-state index in [4.69, 9.17) is 79.7 Å². The first-order valence-corrected chi connectivity index (χ1v) is 29.7. The lowest BCUT2D eigenvalue weighted by molar-refractivity contribution is -0.188. The maximum absolute atomic E-state index is 14.4. The normalized spacial score (nSPS) is 25.6. The molecule has 4 aliphatic rings. The summed E-state index contributed by atoms with van der Waals surface area (Å²) in [5.74, 6) is -1.93.